The molecule has 2 aromatic carbocycles. The number of primary amides is 1. The Morgan fingerprint density at radius 3 is 2.32 bits per heavy atom. The van der Waals surface area contributed by atoms with Crippen molar-refractivity contribution in [2.75, 3.05) is 5.32 Å². The Kier molecular flexibility index (Phi) is 6.89. The summed E-state index contributed by atoms with van der Waals surface area (Å²) >= 11 is 5.93. The number of benzene rings is 2. The second-order valence-electron chi connectivity index (χ2n) is 5.64. The van der Waals surface area contributed by atoms with Gasteiger partial charge in [-0.1, -0.05) is 41.4 Å². The second kappa shape index (κ2) is 9.33. The Balaban J connectivity index is 0.000000261. The predicted octanol–water partition coefficient (Wildman–Crippen LogP) is 3.11. The molecule has 8 nitrogen and oxygen atoms in total. The number of carboxylic acids is 1. The Labute approximate surface area is 165 Å². The van der Waals surface area contributed by atoms with Crippen molar-refractivity contribution in [3.8, 4) is 0 Å². The molecule has 9 heteroatoms. The normalized spacial score (nSPS) is 9.79. The fourth-order valence-corrected chi connectivity index (χ4v) is 2.30. The Hall–Kier alpha value is -3.65. The van der Waals surface area contributed by atoms with Crippen molar-refractivity contribution >= 4 is 35.2 Å². The van der Waals surface area contributed by atoms with Crippen LogP contribution >= 0.6 is 11.6 Å². The standard InChI is InChI=1S/C12H10ClN3O3.C7H7NO/c1-6-2-3-8(13)7(4-6)11(17)14-10-5-9(12(18)19)15-16-10;8-7(9)6-4-2-1-3-5-6/h2-5H,1H3,(H,18,19)(H2,14,15,16,17);1-5H,(H2,8,9). The van der Waals surface area contributed by atoms with E-state index in [1.165, 1.54) is 6.07 Å². The summed E-state index contributed by atoms with van der Waals surface area (Å²) in [6, 6.07) is 15.0. The summed E-state index contributed by atoms with van der Waals surface area (Å²) in [5.41, 5.74) is 6.62. The van der Waals surface area contributed by atoms with E-state index in [-0.39, 0.29) is 17.4 Å². The van der Waals surface area contributed by atoms with E-state index in [1.54, 1.807) is 42.5 Å². The maximum Gasteiger partial charge on any atom is 0.353 e. The van der Waals surface area contributed by atoms with Crippen molar-refractivity contribution in [3.05, 3.63) is 82.0 Å². The molecule has 0 bridgehead atoms. The van der Waals surface area contributed by atoms with Gasteiger partial charge in [0.2, 0.25) is 5.91 Å². The first-order valence-corrected chi connectivity index (χ1v) is 8.36. The maximum atomic E-state index is 12.0. The SMILES string of the molecule is Cc1ccc(Cl)c(C(=O)Nc2cc(C(=O)O)[nH]n2)c1.NC(=O)c1ccccc1. The van der Waals surface area contributed by atoms with Gasteiger partial charge in [0, 0.05) is 11.6 Å². The molecular formula is C19H17ClN4O4. The highest BCUT2D eigenvalue weighted by Crippen LogP contribution is 2.18. The van der Waals surface area contributed by atoms with E-state index >= 15 is 0 Å². The van der Waals surface area contributed by atoms with Gasteiger partial charge in [-0.2, -0.15) is 5.10 Å². The third-order valence-electron chi connectivity index (χ3n) is 3.47. The van der Waals surface area contributed by atoms with Crippen LogP contribution in [0.25, 0.3) is 0 Å². The summed E-state index contributed by atoms with van der Waals surface area (Å²) in [5, 5.41) is 17.5. The Bertz CT molecular complexity index is 1000. The molecule has 0 unspecified atom stereocenters. The molecule has 0 aliphatic rings. The molecule has 0 radical (unpaired) electrons. The van der Waals surface area contributed by atoms with Crippen molar-refractivity contribution in [1.82, 2.24) is 10.2 Å². The molecule has 5 N–H and O–H groups in total. The zero-order valence-electron chi connectivity index (χ0n) is 14.8. The summed E-state index contributed by atoms with van der Waals surface area (Å²) in [4.78, 5) is 33.1. The first-order valence-electron chi connectivity index (χ1n) is 7.99. The van der Waals surface area contributed by atoms with Crippen LogP contribution in [0.4, 0.5) is 5.82 Å². The molecule has 0 atom stereocenters. The van der Waals surface area contributed by atoms with Gasteiger partial charge >= 0.3 is 5.97 Å². The molecule has 144 valence electrons. The van der Waals surface area contributed by atoms with Gasteiger partial charge in [0.1, 0.15) is 5.69 Å². The van der Waals surface area contributed by atoms with Crippen molar-refractivity contribution in [2.24, 2.45) is 5.73 Å². The number of halogens is 1. The highest BCUT2D eigenvalue weighted by molar-refractivity contribution is 6.34. The molecule has 1 heterocycles. The number of carboxylic acid groups (broad SMARTS) is 1. The molecule has 0 aliphatic heterocycles. The number of hydrogen-bond donors (Lipinski definition) is 4. The number of anilines is 1. The number of amides is 2. The van der Waals surface area contributed by atoms with E-state index in [0.717, 1.165) is 5.56 Å². The van der Waals surface area contributed by atoms with E-state index in [2.05, 4.69) is 15.5 Å². The number of nitrogens with one attached hydrogen (secondary N) is 2. The van der Waals surface area contributed by atoms with E-state index in [9.17, 15) is 14.4 Å². The highest BCUT2D eigenvalue weighted by atomic mass is 35.5. The predicted molar refractivity (Wildman–Crippen MR) is 105 cm³/mol. The fourth-order valence-electron chi connectivity index (χ4n) is 2.09. The van der Waals surface area contributed by atoms with Crippen molar-refractivity contribution in [2.45, 2.75) is 6.92 Å². The molecule has 0 saturated heterocycles. The lowest BCUT2D eigenvalue weighted by Gasteiger charge is -2.05. The van der Waals surface area contributed by atoms with Crippen LogP contribution in [0.5, 0.6) is 0 Å². The zero-order valence-corrected chi connectivity index (χ0v) is 15.5. The number of aromatic nitrogens is 2. The van der Waals surface area contributed by atoms with Gasteiger partial charge in [-0.25, -0.2) is 4.79 Å². The van der Waals surface area contributed by atoms with Crippen LogP contribution in [0.3, 0.4) is 0 Å². The average Bonchev–Trinajstić information content (AvgIpc) is 3.13. The van der Waals surface area contributed by atoms with Crippen LogP contribution in [-0.4, -0.2) is 33.1 Å². The Morgan fingerprint density at radius 2 is 1.79 bits per heavy atom. The Morgan fingerprint density at radius 1 is 1.11 bits per heavy atom. The quantitative estimate of drug-likeness (QED) is 0.533. The summed E-state index contributed by atoms with van der Waals surface area (Å²) in [6.07, 6.45) is 0. The molecule has 28 heavy (non-hydrogen) atoms. The number of rotatable bonds is 4. The molecule has 0 fully saturated rings. The number of nitrogens with two attached hydrogens (primary N) is 1. The summed E-state index contributed by atoms with van der Waals surface area (Å²) in [5.74, 6) is -1.85. The minimum atomic E-state index is -1.15. The number of carbonyl (C=O) groups excluding carboxylic acids is 2. The van der Waals surface area contributed by atoms with Crippen LogP contribution in [0.2, 0.25) is 5.02 Å². The molecular weight excluding hydrogens is 384 g/mol. The topological polar surface area (TPSA) is 138 Å². The fraction of sp³-hybridized carbons (Fsp3) is 0.0526. The van der Waals surface area contributed by atoms with Gasteiger partial charge in [-0.05, 0) is 31.2 Å². The smallest absolute Gasteiger partial charge is 0.353 e. The minimum Gasteiger partial charge on any atom is -0.477 e. The number of aromatic carboxylic acids is 1. The first kappa shape index (κ1) is 20.7. The van der Waals surface area contributed by atoms with Gasteiger partial charge < -0.3 is 16.2 Å². The van der Waals surface area contributed by atoms with Gasteiger partial charge in [0.25, 0.3) is 5.91 Å². The van der Waals surface area contributed by atoms with E-state index in [4.69, 9.17) is 22.4 Å². The second-order valence-corrected chi connectivity index (χ2v) is 6.05. The molecule has 3 rings (SSSR count). The monoisotopic (exact) mass is 400 g/mol. The number of aromatic amines is 1. The van der Waals surface area contributed by atoms with Crippen LogP contribution in [-0.2, 0) is 0 Å². The van der Waals surface area contributed by atoms with Crippen molar-refractivity contribution in [3.63, 3.8) is 0 Å². The van der Waals surface area contributed by atoms with Crippen LogP contribution in [0, 0.1) is 6.92 Å². The molecule has 0 spiro atoms. The average molecular weight is 401 g/mol. The van der Waals surface area contributed by atoms with Gasteiger partial charge in [0.05, 0.1) is 10.6 Å². The van der Waals surface area contributed by atoms with E-state index < -0.39 is 11.9 Å². The molecule has 2 amide bonds. The number of aryl methyl sites for hydroxylation is 1. The lowest BCUT2D eigenvalue weighted by atomic mass is 10.1. The van der Waals surface area contributed by atoms with Crippen LogP contribution in [0.15, 0.2) is 54.6 Å². The third-order valence-corrected chi connectivity index (χ3v) is 3.80. The van der Waals surface area contributed by atoms with Crippen LogP contribution < -0.4 is 11.1 Å². The van der Waals surface area contributed by atoms with Crippen molar-refractivity contribution in [1.29, 1.82) is 0 Å². The van der Waals surface area contributed by atoms with Gasteiger partial charge in [-0.3, -0.25) is 14.7 Å². The first-order chi connectivity index (χ1) is 13.3. The molecule has 1 aromatic heterocycles. The number of carbonyl (C=O) groups is 3. The number of hydrogen-bond acceptors (Lipinski definition) is 4. The summed E-state index contributed by atoms with van der Waals surface area (Å²) in [6.45, 7) is 1.84. The summed E-state index contributed by atoms with van der Waals surface area (Å²) in [7, 11) is 0. The molecule has 3 aromatic rings. The number of nitrogens with zero attached hydrogens (tertiary/aromatic N) is 1. The van der Waals surface area contributed by atoms with Crippen molar-refractivity contribution < 1.29 is 19.5 Å². The molecule has 0 aliphatic carbocycles. The van der Waals surface area contributed by atoms with Gasteiger partial charge in [0.15, 0.2) is 5.82 Å². The lowest BCUT2D eigenvalue weighted by Crippen LogP contribution is -2.13. The van der Waals surface area contributed by atoms with E-state index in [0.29, 0.717) is 16.1 Å². The van der Waals surface area contributed by atoms with Crippen LogP contribution in [0.1, 0.15) is 36.8 Å². The largest absolute Gasteiger partial charge is 0.477 e. The van der Waals surface area contributed by atoms with Gasteiger partial charge in [-0.15, -0.1) is 0 Å². The lowest BCUT2D eigenvalue weighted by molar-refractivity contribution is 0.0690. The molecule has 0 saturated carbocycles. The zero-order chi connectivity index (χ0) is 20.7. The minimum absolute atomic E-state index is 0.106. The highest BCUT2D eigenvalue weighted by Gasteiger charge is 2.14. The summed E-state index contributed by atoms with van der Waals surface area (Å²) < 4.78 is 0. The maximum absolute atomic E-state index is 12.0. The third kappa shape index (κ3) is 5.68. The van der Waals surface area contributed by atoms with E-state index in [1.807, 2.05) is 13.0 Å². The number of H-pyrrole nitrogens is 1.